The molecule has 2 bridgehead atoms. The largest absolute Gasteiger partial charge is 0.572 e. The first-order valence-corrected chi connectivity index (χ1v) is 9.00. The van der Waals surface area contributed by atoms with Crippen LogP contribution >= 0.6 is 0 Å². The predicted molar refractivity (Wildman–Crippen MR) is 88.7 cm³/mol. The number of nitrogens with zero attached hydrogens (tertiary/aromatic N) is 1. The molecule has 3 aliphatic heterocycles. The van der Waals surface area contributed by atoms with Gasteiger partial charge >= 0.3 is 6.36 Å². The maximum Gasteiger partial charge on any atom is 0.572 e. The highest BCUT2D eigenvalue weighted by Crippen LogP contribution is 2.47. The van der Waals surface area contributed by atoms with E-state index in [0.717, 1.165) is 44.6 Å². The zero-order valence-corrected chi connectivity index (χ0v) is 14.7. The molecule has 0 aromatic rings. The normalized spacial score (nSPS) is 37.3. The van der Waals surface area contributed by atoms with Gasteiger partial charge in [-0.1, -0.05) is 0 Å². The summed E-state index contributed by atoms with van der Waals surface area (Å²) in [6.07, 6.45) is 0.817. The summed E-state index contributed by atoms with van der Waals surface area (Å²) >= 11 is 0. The molecule has 4 aliphatic rings. The van der Waals surface area contributed by atoms with Crippen LogP contribution in [0.3, 0.4) is 0 Å². The SMILES string of the molecule is COCCN1C[C@@H]2C[C@@]1(C1=CC=C(OC(F)(F)F)C(N)(C3CC3)N1)CN2. The van der Waals surface area contributed by atoms with Gasteiger partial charge in [0.25, 0.3) is 0 Å². The molecule has 26 heavy (non-hydrogen) atoms. The number of piperazine rings is 1. The highest BCUT2D eigenvalue weighted by atomic mass is 19.4. The minimum absolute atomic E-state index is 0.0600. The zero-order valence-electron chi connectivity index (χ0n) is 14.7. The van der Waals surface area contributed by atoms with E-state index < -0.39 is 12.0 Å². The summed E-state index contributed by atoms with van der Waals surface area (Å²) in [5.74, 6) is -0.313. The van der Waals surface area contributed by atoms with Gasteiger partial charge < -0.3 is 25.8 Å². The van der Waals surface area contributed by atoms with Crippen molar-refractivity contribution in [1.29, 1.82) is 0 Å². The van der Waals surface area contributed by atoms with Crippen LogP contribution in [0.15, 0.2) is 23.6 Å². The lowest BCUT2D eigenvalue weighted by Crippen LogP contribution is -2.65. The summed E-state index contributed by atoms with van der Waals surface area (Å²) in [4.78, 5) is 2.34. The first-order chi connectivity index (χ1) is 12.3. The van der Waals surface area contributed by atoms with Crippen LogP contribution in [-0.4, -0.2) is 61.9 Å². The van der Waals surface area contributed by atoms with E-state index in [-0.39, 0.29) is 17.2 Å². The number of likely N-dealkylation sites (tertiary alicyclic amines) is 1. The predicted octanol–water partition coefficient (Wildman–Crippen LogP) is 1.02. The molecule has 4 rings (SSSR count). The van der Waals surface area contributed by atoms with Crippen LogP contribution in [0.1, 0.15) is 19.3 Å². The third kappa shape index (κ3) is 3.00. The van der Waals surface area contributed by atoms with Crippen molar-refractivity contribution in [3.05, 3.63) is 23.6 Å². The Morgan fingerprint density at radius 3 is 2.73 bits per heavy atom. The topological polar surface area (TPSA) is 71.8 Å². The zero-order chi connectivity index (χ0) is 18.6. The molecule has 0 spiro atoms. The molecule has 1 saturated carbocycles. The second kappa shape index (κ2) is 6.12. The number of halogens is 3. The smallest absolute Gasteiger partial charge is 0.406 e. The molecule has 3 fully saturated rings. The van der Waals surface area contributed by atoms with Gasteiger partial charge in [0.2, 0.25) is 0 Å². The number of hydrogen-bond donors (Lipinski definition) is 3. The fourth-order valence-corrected chi connectivity index (χ4v) is 4.54. The maximum atomic E-state index is 12.8. The summed E-state index contributed by atoms with van der Waals surface area (Å²) in [5.41, 5.74) is 5.70. The van der Waals surface area contributed by atoms with Gasteiger partial charge in [-0.2, -0.15) is 0 Å². The summed E-state index contributed by atoms with van der Waals surface area (Å²) in [6, 6.07) is 0.374. The highest BCUT2D eigenvalue weighted by molar-refractivity contribution is 5.39. The molecular formula is C17H25F3N4O2. The Kier molecular flexibility index (Phi) is 4.26. The van der Waals surface area contributed by atoms with Gasteiger partial charge in [0, 0.05) is 44.4 Å². The number of fused-ring (bicyclic) bond motifs is 2. The van der Waals surface area contributed by atoms with E-state index in [4.69, 9.17) is 10.5 Å². The van der Waals surface area contributed by atoms with E-state index in [2.05, 4.69) is 20.3 Å². The van der Waals surface area contributed by atoms with Crippen molar-refractivity contribution in [2.24, 2.45) is 11.7 Å². The lowest BCUT2D eigenvalue weighted by Gasteiger charge is -2.46. The number of nitrogens with one attached hydrogen (secondary N) is 2. The van der Waals surface area contributed by atoms with Gasteiger partial charge in [-0.05, 0) is 31.4 Å². The molecule has 0 amide bonds. The van der Waals surface area contributed by atoms with Crippen molar-refractivity contribution in [2.75, 3.05) is 33.4 Å². The van der Waals surface area contributed by atoms with Crippen molar-refractivity contribution >= 4 is 0 Å². The molecule has 3 atom stereocenters. The molecule has 9 heteroatoms. The Morgan fingerprint density at radius 2 is 2.12 bits per heavy atom. The Hall–Kier alpha value is -1.29. The molecule has 4 N–H and O–H groups in total. The van der Waals surface area contributed by atoms with Crippen LogP contribution in [0.5, 0.6) is 0 Å². The van der Waals surface area contributed by atoms with E-state index in [9.17, 15) is 13.2 Å². The Labute approximate surface area is 150 Å². The van der Waals surface area contributed by atoms with E-state index in [1.807, 2.05) is 0 Å². The molecule has 1 unspecified atom stereocenters. The van der Waals surface area contributed by atoms with Crippen LogP contribution in [0, 0.1) is 5.92 Å². The first-order valence-electron chi connectivity index (χ1n) is 9.00. The molecule has 1 aliphatic carbocycles. The van der Waals surface area contributed by atoms with Crippen LogP contribution in [0.2, 0.25) is 0 Å². The number of alkyl halides is 3. The van der Waals surface area contributed by atoms with E-state index in [1.54, 1.807) is 13.2 Å². The molecule has 6 nitrogen and oxygen atoms in total. The summed E-state index contributed by atoms with van der Waals surface area (Å²) in [6.45, 7) is 3.00. The number of nitrogens with two attached hydrogens (primary N) is 1. The quantitative estimate of drug-likeness (QED) is 0.645. The van der Waals surface area contributed by atoms with E-state index in [0.29, 0.717) is 12.6 Å². The number of dihydropyridines is 1. The first kappa shape index (κ1) is 18.1. The van der Waals surface area contributed by atoms with E-state index >= 15 is 0 Å². The summed E-state index contributed by atoms with van der Waals surface area (Å²) in [5, 5.41) is 6.74. The van der Waals surface area contributed by atoms with Crippen molar-refractivity contribution in [3.8, 4) is 0 Å². The maximum absolute atomic E-state index is 12.8. The molecule has 0 aromatic carbocycles. The van der Waals surface area contributed by atoms with Gasteiger partial charge in [0.1, 0.15) is 11.4 Å². The average molecular weight is 374 g/mol. The number of methoxy groups -OCH3 is 1. The lowest BCUT2D eigenvalue weighted by molar-refractivity contribution is -0.310. The summed E-state index contributed by atoms with van der Waals surface area (Å²) in [7, 11) is 1.67. The van der Waals surface area contributed by atoms with Gasteiger partial charge in [-0.15, -0.1) is 13.2 Å². The van der Waals surface area contributed by atoms with Crippen LogP contribution < -0.4 is 16.4 Å². The molecule has 0 aromatic heterocycles. The van der Waals surface area contributed by atoms with Crippen molar-refractivity contribution < 1.29 is 22.6 Å². The second-order valence-electron chi connectivity index (χ2n) is 7.68. The second-order valence-corrected chi connectivity index (χ2v) is 7.68. The molecule has 2 saturated heterocycles. The Balaban J connectivity index is 1.64. The molecular weight excluding hydrogens is 349 g/mol. The Morgan fingerprint density at radius 1 is 1.35 bits per heavy atom. The molecule has 3 heterocycles. The third-order valence-corrected chi connectivity index (χ3v) is 5.98. The van der Waals surface area contributed by atoms with Crippen LogP contribution in [0.25, 0.3) is 0 Å². The number of hydrogen-bond acceptors (Lipinski definition) is 6. The highest BCUT2D eigenvalue weighted by Gasteiger charge is 2.57. The summed E-state index contributed by atoms with van der Waals surface area (Å²) < 4.78 is 47.9. The minimum Gasteiger partial charge on any atom is -0.406 e. The van der Waals surface area contributed by atoms with Gasteiger partial charge in [-0.25, -0.2) is 0 Å². The van der Waals surface area contributed by atoms with Crippen molar-refractivity contribution in [3.63, 3.8) is 0 Å². The van der Waals surface area contributed by atoms with Crippen LogP contribution in [-0.2, 0) is 9.47 Å². The fraction of sp³-hybridized carbons (Fsp3) is 0.765. The fourth-order valence-electron chi connectivity index (χ4n) is 4.54. The van der Waals surface area contributed by atoms with Gasteiger partial charge in [0.05, 0.1) is 12.1 Å². The third-order valence-electron chi connectivity index (χ3n) is 5.98. The molecule has 146 valence electrons. The molecule has 0 radical (unpaired) electrons. The standard InChI is InChI=1S/C17H25F3N4O2/c1-25-7-6-24-9-12-8-15(24,10-22-12)13-4-5-14(26-17(18,19)20)16(21,23-13)11-2-3-11/h4-5,11-12,22-23H,2-3,6-10,21H2,1H3/t12-,15-,16?/m0/s1. The Bertz CT molecular complexity index is 634. The van der Waals surface area contributed by atoms with Gasteiger partial charge in [0.15, 0.2) is 0 Å². The van der Waals surface area contributed by atoms with Crippen molar-refractivity contribution in [2.45, 2.75) is 42.9 Å². The monoisotopic (exact) mass is 374 g/mol. The van der Waals surface area contributed by atoms with E-state index in [1.165, 1.54) is 6.08 Å². The van der Waals surface area contributed by atoms with Crippen LogP contribution in [0.4, 0.5) is 13.2 Å². The number of rotatable bonds is 6. The number of ether oxygens (including phenoxy) is 2. The van der Waals surface area contributed by atoms with Crippen molar-refractivity contribution in [1.82, 2.24) is 15.5 Å². The number of allylic oxidation sites excluding steroid dienone is 2. The minimum atomic E-state index is -4.76. The average Bonchev–Trinajstić information content (AvgIpc) is 3.27. The lowest BCUT2D eigenvalue weighted by atomic mass is 9.88. The van der Waals surface area contributed by atoms with Gasteiger partial charge in [-0.3, -0.25) is 4.90 Å².